The minimum Gasteiger partial charge on any atom is -0.215 e. The molecule has 4 heteroatoms. The third kappa shape index (κ3) is 6.15. The zero-order valence-electron chi connectivity index (χ0n) is 10.4. The molecular weight excluding hydrogens is 210 g/mol. The number of nitrogens with one attached hydrogen (secondary N) is 1. The molecule has 0 bridgehead atoms. The summed E-state index contributed by atoms with van der Waals surface area (Å²) in [6.07, 6.45) is 4.52. The summed E-state index contributed by atoms with van der Waals surface area (Å²) in [5.74, 6) is 0.485. The Morgan fingerprint density at radius 1 is 1.20 bits per heavy atom. The molecule has 1 atom stereocenters. The summed E-state index contributed by atoms with van der Waals surface area (Å²) in [7, 11) is -3.08. The number of hydrogen-bond acceptors (Lipinski definition) is 2. The van der Waals surface area contributed by atoms with Gasteiger partial charge in [0.1, 0.15) is 0 Å². The summed E-state index contributed by atoms with van der Waals surface area (Å²) in [4.78, 5) is 0. The Morgan fingerprint density at radius 2 is 1.80 bits per heavy atom. The van der Waals surface area contributed by atoms with Crippen molar-refractivity contribution in [3.63, 3.8) is 0 Å². The normalized spacial score (nSPS) is 14.5. The van der Waals surface area contributed by atoms with E-state index in [1.165, 1.54) is 12.8 Å². The average molecular weight is 235 g/mol. The SMILES string of the molecule is CCCCC(CC)CNS(=O)(=O)C(C)C. The first-order valence-electron chi connectivity index (χ1n) is 5.92. The predicted molar refractivity (Wildman–Crippen MR) is 65.4 cm³/mol. The maximum Gasteiger partial charge on any atom is 0.213 e. The van der Waals surface area contributed by atoms with Gasteiger partial charge in [-0.3, -0.25) is 0 Å². The lowest BCUT2D eigenvalue weighted by atomic mass is 10.00. The second-order valence-corrected chi connectivity index (χ2v) is 6.68. The summed E-state index contributed by atoms with van der Waals surface area (Å²) >= 11 is 0. The van der Waals surface area contributed by atoms with Gasteiger partial charge in [0.25, 0.3) is 0 Å². The standard InChI is InChI=1S/C11H25NO2S/c1-5-7-8-11(6-2)9-12-15(13,14)10(3)4/h10-12H,5-9H2,1-4H3. The van der Waals surface area contributed by atoms with Crippen molar-refractivity contribution in [2.45, 2.75) is 58.6 Å². The molecule has 0 aromatic heterocycles. The van der Waals surface area contributed by atoms with E-state index in [2.05, 4.69) is 18.6 Å². The summed E-state index contributed by atoms with van der Waals surface area (Å²) in [6.45, 7) is 8.27. The van der Waals surface area contributed by atoms with E-state index < -0.39 is 10.0 Å². The largest absolute Gasteiger partial charge is 0.215 e. The second kappa shape index (κ2) is 7.23. The maximum absolute atomic E-state index is 11.5. The number of sulfonamides is 1. The molecule has 0 rings (SSSR count). The highest BCUT2D eigenvalue weighted by Crippen LogP contribution is 2.12. The highest BCUT2D eigenvalue weighted by Gasteiger charge is 2.16. The highest BCUT2D eigenvalue weighted by molar-refractivity contribution is 7.90. The van der Waals surface area contributed by atoms with Gasteiger partial charge in [0.2, 0.25) is 10.0 Å². The van der Waals surface area contributed by atoms with Crippen molar-refractivity contribution in [1.29, 1.82) is 0 Å². The molecule has 1 unspecified atom stereocenters. The third-order valence-electron chi connectivity index (χ3n) is 2.74. The van der Waals surface area contributed by atoms with Crippen molar-refractivity contribution in [2.24, 2.45) is 5.92 Å². The zero-order chi connectivity index (χ0) is 11.9. The van der Waals surface area contributed by atoms with Crippen LogP contribution in [0.2, 0.25) is 0 Å². The van der Waals surface area contributed by atoms with Crippen LogP contribution in [-0.4, -0.2) is 20.2 Å². The van der Waals surface area contributed by atoms with E-state index in [9.17, 15) is 8.42 Å². The van der Waals surface area contributed by atoms with Gasteiger partial charge < -0.3 is 0 Å². The van der Waals surface area contributed by atoms with Crippen LogP contribution in [0.4, 0.5) is 0 Å². The first kappa shape index (κ1) is 14.9. The van der Waals surface area contributed by atoms with Crippen LogP contribution in [-0.2, 0) is 10.0 Å². The third-order valence-corrected chi connectivity index (χ3v) is 4.55. The van der Waals surface area contributed by atoms with Crippen LogP contribution in [0.5, 0.6) is 0 Å². The minimum atomic E-state index is -3.08. The van der Waals surface area contributed by atoms with Gasteiger partial charge in [-0.1, -0.05) is 33.1 Å². The summed E-state index contributed by atoms with van der Waals surface area (Å²) in [5.41, 5.74) is 0. The second-order valence-electron chi connectivity index (χ2n) is 4.36. The molecule has 1 N–H and O–H groups in total. The summed E-state index contributed by atoms with van der Waals surface area (Å²) < 4.78 is 25.7. The van der Waals surface area contributed by atoms with E-state index >= 15 is 0 Å². The quantitative estimate of drug-likeness (QED) is 0.702. The fourth-order valence-corrected chi connectivity index (χ4v) is 2.15. The van der Waals surface area contributed by atoms with Gasteiger partial charge in [-0.05, 0) is 26.2 Å². The van der Waals surface area contributed by atoms with Crippen LogP contribution in [0, 0.1) is 5.92 Å². The molecule has 0 radical (unpaired) electrons. The van der Waals surface area contributed by atoms with Crippen LogP contribution in [0.3, 0.4) is 0 Å². The van der Waals surface area contributed by atoms with E-state index in [1.807, 2.05) is 0 Å². The van der Waals surface area contributed by atoms with E-state index in [1.54, 1.807) is 13.8 Å². The van der Waals surface area contributed by atoms with Crippen LogP contribution >= 0.6 is 0 Å². The number of rotatable bonds is 8. The van der Waals surface area contributed by atoms with Gasteiger partial charge in [-0.15, -0.1) is 0 Å². The van der Waals surface area contributed by atoms with Gasteiger partial charge in [-0.2, -0.15) is 0 Å². The van der Waals surface area contributed by atoms with Crippen molar-refractivity contribution in [3.8, 4) is 0 Å². The van der Waals surface area contributed by atoms with Crippen molar-refractivity contribution in [3.05, 3.63) is 0 Å². The first-order chi connectivity index (χ1) is 6.94. The predicted octanol–water partition coefficient (Wildman–Crippen LogP) is 2.53. The molecule has 0 aliphatic carbocycles. The molecule has 0 heterocycles. The Bertz CT molecular complexity index is 247. The Balaban J connectivity index is 4.00. The Labute approximate surface area is 94.7 Å². The van der Waals surface area contributed by atoms with E-state index in [0.717, 1.165) is 12.8 Å². The van der Waals surface area contributed by atoms with E-state index in [0.29, 0.717) is 12.5 Å². The molecule has 15 heavy (non-hydrogen) atoms. The van der Waals surface area contributed by atoms with Crippen molar-refractivity contribution >= 4 is 10.0 Å². The van der Waals surface area contributed by atoms with E-state index in [4.69, 9.17) is 0 Å². The number of unbranched alkanes of at least 4 members (excludes halogenated alkanes) is 1. The van der Waals surface area contributed by atoms with Crippen LogP contribution < -0.4 is 4.72 Å². The molecule has 0 saturated carbocycles. The molecule has 0 amide bonds. The molecule has 0 aliphatic rings. The minimum absolute atomic E-state index is 0.332. The molecular formula is C11H25NO2S. The van der Waals surface area contributed by atoms with Gasteiger partial charge in [-0.25, -0.2) is 13.1 Å². The highest BCUT2D eigenvalue weighted by atomic mass is 32.2. The summed E-state index contributed by atoms with van der Waals surface area (Å²) in [6, 6.07) is 0. The van der Waals surface area contributed by atoms with E-state index in [-0.39, 0.29) is 5.25 Å². The fraction of sp³-hybridized carbons (Fsp3) is 1.00. The fourth-order valence-electron chi connectivity index (χ4n) is 1.34. The molecule has 92 valence electrons. The zero-order valence-corrected chi connectivity index (χ0v) is 11.2. The Morgan fingerprint density at radius 3 is 2.20 bits per heavy atom. The van der Waals surface area contributed by atoms with Gasteiger partial charge in [0.15, 0.2) is 0 Å². The van der Waals surface area contributed by atoms with Crippen LogP contribution in [0.25, 0.3) is 0 Å². The molecule has 0 aliphatic heterocycles. The first-order valence-corrected chi connectivity index (χ1v) is 7.47. The molecule has 3 nitrogen and oxygen atoms in total. The van der Waals surface area contributed by atoms with Gasteiger partial charge >= 0.3 is 0 Å². The van der Waals surface area contributed by atoms with Crippen molar-refractivity contribution < 1.29 is 8.42 Å². The average Bonchev–Trinajstić information content (AvgIpc) is 2.18. The number of hydrogen-bond donors (Lipinski definition) is 1. The van der Waals surface area contributed by atoms with Crippen molar-refractivity contribution in [2.75, 3.05) is 6.54 Å². The topological polar surface area (TPSA) is 46.2 Å². The lowest BCUT2D eigenvalue weighted by molar-refractivity contribution is 0.443. The van der Waals surface area contributed by atoms with Gasteiger partial charge in [0.05, 0.1) is 5.25 Å². The van der Waals surface area contributed by atoms with Crippen molar-refractivity contribution in [1.82, 2.24) is 4.72 Å². The lowest BCUT2D eigenvalue weighted by Gasteiger charge is -2.16. The van der Waals surface area contributed by atoms with Crippen LogP contribution in [0.1, 0.15) is 53.4 Å². The molecule has 0 saturated heterocycles. The van der Waals surface area contributed by atoms with Crippen LogP contribution in [0.15, 0.2) is 0 Å². The molecule has 0 aromatic carbocycles. The lowest BCUT2D eigenvalue weighted by Crippen LogP contribution is -2.34. The Kier molecular flexibility index (Phi) is 7.18. The van der Waals surface area contributed by atoms with Gasteiger partial charge in [0, 0.05) is 6.54 Å². The smallest absolute Gasteiger partial charge is 0.213 e. The monoisotopic (exact) mass is 235 g/mol. The molecule has 0 aromatic rings. The Hall–Kier alpha value is -0.0900. The maximum atomic E-state index is 11.5. The summed E-state index contributed by atoms with van der Waals surface area (Å²) in [5, 5.41) is -0.332. The molecule has 0 fully saturated rings. The molecule has 0 spiro atoms.